The maximum absolute atomic E-state index is 14.3. The summed E-state index contributed by atoms with van der Waals surface area (Å²) in [6, 6.07) is 12.9. The number of benzene rings is 2. The highest BCUT2D eigenvalue weighted by Gasteiger charge is 2.63. The summed E-state index contributed by atoms with van der Waals surface area (Å²) in [5.41, 5.74) is -0.136. The Kier molecular flexibility index (Phi) is 3.99. The number of likely N-dealkylation sites (tertiary alicyclic amines) is 1. The minimum absolute atomic E-state index is 0.101. The van der Waals surface area contributed by atoms with Crippen LogP contribution in [-0.4, -0.2) is 23.9 Å². The number of carbonyl (C=O) groups excluding carboxylic acids is 1. The van der Waals surface area contributed by atoms with E-state index in [0.717, 1.165) is 12.8 Å². The fourth-order valence-electron chi connectivity index (χ4n) is 4.03. The molecule has 1 saturated heterocycles. The van der Waals surface area contributed by atoms with Crippen LogP contribution in [0.1, 0.15) is 30.7 Å². The van der Waals surface area contributed by atoms with Crippen LogP contribution < -0.4 is 0 Å². The Hall–Kier alpha value is -2.74. The van der Waals surface area contributed by atoms with Gasteiger partial charge in [0.25, 0.3) is 0 Å². The Bertz CT molecular complexity index is 894. The van der Waals surface area contributed by atoms with Gasteiger partial charge in [-0.05, 0) is 42.5 Å². The van der Waals surface area contributed by atoms with E-state index >= 15 is 0 Å². The van der Waals surface area contributed by atoms with Crippen LogP contribution in [0.3, 0.4) is 0 Å². The molecule has 3 nitrogen and oxygen atoms in total. The molecule has 1 aliphatic carbocycles. The van der Waals surface area contributed by atoms with Crippen molar-refractivity contribution in [3.63, 3.8) is 0 Å². The average molecular weight is 352 g/mol. The van der Waals surface area contributed by atoms with Crippen molar-refractivity contribution in [3.05, 3.63) is 59.7 Å². The van der Waals surface area contributed by atoms with E-state index in [9.17, 15) is 18.8 Å². The number of hydrogen-bond donors (Lipinski definition) is 0. The molecule has 1 heterocycles. The monoisotopic (exact) mass is 352 g/mol. The summed E-state index contributed by atoms with van der Waals surface area (Å²) >= 11 is 0. The number of halogens is 2. The minimum atomic E-state index is -1.11. The number of amides is 1. The van der Waals surface area contributed by atoms with Crippen molar-refractivity contribution in [1.29, 1.82) is 5.26 Å². The van der Waals surface area contributed by atoms with Crippen molar-refractivity contribution >= 4 is 5.91 Å². The van der Waals surface area contributed by atoms with E-state index in [1.54, 1.807) is 29.2 Å². The molecule has 0 aromatic heterocycles. The van der Waals surface area contributed by atoms with E-state index in [-0.39, 0.29) is 17.4 Å². The molecule has 2 unspecified atom stereocenters. The summed E-state index contributed by atoms with van der Waals surface area (Å²) in [5.74, 6) is -1.78. The molecule has 132 valence electrons. The highest BCUT2D eigenvalue weighted by molar-refractivity contribution is 5.91. The molecule has 0 N–H and O–H groups in total. The molecule has 26 heavy (non-hydrogen) atoms. The first-order valence-corrected chi connectivity index (χ1v) is 8.82. The van der Waals surface area contributed by atoms with E-state index in [4.69, 9.17) is 0 Å². The molecule has 2 aliphatic rings. The Morgan fingerprint density at radius 2 is 1.73 bits per heavy atom. The maximum Gasteiger partial charge on any atom is 0.243 e. The fourth-order valence-corrected chi connectivity index (χ4v) is 4.03. The zero-order chi connectivity index (χ0) is 18.3. The number of rotatable bonds is 3. The van der Waals surface area contributed by atoms with Gasteiger partial charge >= 0.3 is 0 Å². The highest BCUT2D eigenvalue weighted by atomic mass is 19.1. The van der Waals surface area contributed by atoms with E-state index < -0.39 is 17.0 Å². The van der Waals surface area contributed by atoms with Gasteiger partial charge < -0.3 is 4.90 Å². The summed E-state index contributed by atoms with van der Waals surface area (Å²) in [6.07, 6.45) is 2.30. The first-order valence-electron chi connectivity index (χ1n) is 8.82. The first-order chi connectivity index (χ1) is 12.6. The van der Waals surface area contributed by atoms with Gasteiger partial charge in [0.1, 0.15) is 17.0 Å². The van der Waals surface area contributed by atoms with Gasteiger partial charge in [0.05, 0.1) is 11.6 Å². The average Bonchev–Trinajstić information content (AvgIpc) is 3.14. The molecule has 0 bridgehead atoms. The largest absolute Gasteiger partial charge is 0.341 e. The standard InChI is InChI=1S/C21H18F2N2O/c22-17-8-5-9-18(23)19(17)15-7-2-1-6-14(15)16-12-21(16,13-24)20(26)25-10-3-4-11-25/h1-2,5-9,16H,3-4,10-12H2. The maximum atomic E-state index is 14.3. The van der Waals surface area contributed by atoms with Crippen LogP contribution in [-0.2, 0) is 4.79 Å². The molecule has 2 fully saturated rings. The summed E-state index contributed by atoms with van der Waals surface area (Å²) < 4.78 is 28.6. The minimum Gasteiger partial charge on any atom is -0.341 e. The van der Waals surface area contributed by atoms with Crippen molar-refractivity contribution < 1.29 is 13.6 Å². The van der Waals surface area contributed by atoms with Crippen molar-refractivity contribution in [1.82, 2.24) is 4.90 Å². The Labute approximate surface area is 150 Å². The summed E-state index contributed by atoms with van der Waals surface area (Å²) in [4.78, 5) is 14.6. The molecule has 1 saturated carbocycles. The fraction of sp³-hybridized carbons (Fsp3) is 0.333. The predicted octanol–water partition coefficient (Wildman–Crippen LogP) is 4.25. The van der Waals surface area contributed by atoms with Crippen LogP contribution in [0.2, 0.25) is 0 Å². The number of hydrogen-bond acceptors (Lipinski definition) is 2. The lowest BCUT2D eigenvalue weighted by Crippen LogP contribution is -2.35. The molecule has 0 radical (unpaired) electrons. The summed E-state index contributed by atoms with van der Waals surface area (Å²) in [7, 11) is 0. The second-order valence-corrected chi connectivity index (χ2v) is 7.02. The van der Waals surface area contributed by atoms with Gasteiger partial charge in [0.2, 0.25) is 5.91 Å². The van der Waals surface area contributed by atoms with E-state index in [0.29, 0.717) is 30.6 Å². The smallest absolute Gasteiger partial charge is 0.243 e. The third kappa shape index (κ3) is 2.48. The topological polar surface area (TPSA) is 44.1 Å². The number of nitriles is 1. The lowest BCUT2D eigenvalue weighted by atomic mass is 9.91. The normalized spacial score (nSPS) is 24.3. The van der Waals surface area contributed by atoms with Crippen molar-refractivity contribution in [2.24, 2.45) is 5.41 Å². The van der Waals surface area contributed by atoms with Gasteiger partial charge in [-0.25, -0.2) is 8.78 Å². The second kappa shape index (κ2) is 6.21. The first kappa shape index (κ1) is 16.7. The molecule has 1 aliphatic heterocycles. The third-order valence-corrected chi connectivity index (χ3v) is 5.50. The molecule has 0 spiro atoms. The number of nitrogens with zero attached hydrogens (tertiary/aromatic N) is 2. The Balaban J connectivity index is 1.75. The van der Waals surface area contributed by atoms with Crippen LogP contribution >= 0.6 is 0 Å². The van der Waals surface area contributed by atoms with Gasteiger partial charge in [0, 0.05) is 19.0 Å². The molecule has 5 heteroatoms. The van der Waals surface area contributed by atoms with Crippen molar-refractivity contribution in [3.8, 4) is 17.2 Å². The molecular formula is C21H18F2N2O. The summed E-state index contributed by atoms with van der Waals surface area (Å²) in [6.45, 7) is 1.36. The van der Waals surface area contributed by atoms with Crippen LogP contribution in [0.15, 0.2) is 42.5 Å². The Morgan fingerprint density at radius 3 is 2.38 bits per heavy atom. The van der Waals surface area contributed by atoms with Crippen molar-refractivity contribution in [2.75, 3.05) is 13.1 Å². The molecule has 1 amide bonds. The number of carbonyl (C=O) groups is 1. The second-order valence-electron chi connectivity index (χ2n) is 7.02. The zero-order valence-corrected chi connectivity index (χ0v) is 14.2. The van der Waals surface area contributed by atoms with E-state index in [1.807, 2.05) is 0 Å². The van der Waals surface area contributed by atoms with E-state index in [1.165, 1.54) is 18.2 Å². The molecule has 2 atom stereocenters. The quantitative estimate of drug-likeness (QED) is 0.829. The molecule has 4 rings (SSSR count). The SMILES string of the molecule is N#CC1(C(=O)N2CCCC2)CC1c1ccccc1-c1c(F)cccc1F. The van der Waals surface area contributed by atoms with Gasteiger partial charge in [-0.2, -0.15) is 5.26 Å². The van der Waals surface area contributed by atoms with Crippen LogP contribution in [0.5, 0.6) is 0 Å². The van der Waals surface area contributed by atoms with E-state index in [2.05, 4.69) is 6.07 Å². The van der Waals surface area contributed by atoms with Gasteiger partial charge in [-0.3, -0.25) is 4.79 Å². The summed E-state index contributed by atoms with van der Waals surface area (Å²) in [5, 5.41) is 9.74. The van der Waals surface area contributed by atoms with Crippen LogP contribution in [0.25, 0.3) is 11.1 Å². The van der Waals surface area contributed by atoms with Crippen molar-refractivity contribution in [2.45, 2.75) is 25.2 Å². The lowest BCUT2D eigenvalue weighted by Gasteiger charge is -2.20. The van der Waals surface area contributed by atoms with Gasteiger partial charge in [-0.1, -0.05) is 30.3 Å². The molecule has 2 aromatic carbocycles. The molecular weight excluding hydrogens is 334 g/mol. The molecule has 2 aromatic rings. The lowest BCUT2D eigenvalue weighted by molar-refractivity contribution is -0.134. The van der Waals surface area contributed by atoms with Crippen LogP contribution in [0, 0.1) is 28.4 Å². The third-order valence-electron chi connectivity index (χ3n) is 5.50. The zero-order valence-electron chi connectivity index (χ0n) is 14.2. The Morgan fingerprint density at radius 1 is 1.08 bits per heavy atom. The van der Waals surface area contributed by atoms with Gasteiger partial charge in [0.15, 0.2) is 0 Å². The van der Waals surface area contributed by atoms with Crippen LogP contribution in [0.4, 0.5) is 8.78 Å². The highest BCUT2D eigenvalue weighted by Crippen LogP contribution is 2.61. The van der Waals surface area contributed by atoms with Gasteiger partial charge in [-0.15, -0.1) is 0 Å². The predicted molar refractivity (Wildman–Crippen MR) is 93.0 cm³/mol.